The Hall–Kier alpha value is -1.57. The third-order valence-electron chi connectivity index (χ3n) is 3.37. The van der Waals surface area contributed by atoms with Crippen molar-refractivity contribution in [1.29, 1.82) is 0 Å². The van der Waals surface area contributed by atoms with Gasteiger partial charge in [-0.25, -0.2) is 0 Å². The molecule has 0 unspecified atom stereocenters. The fourth-order valence-electron chi connectivity index (χ4n) is 2.30. The summed E-state index contributed by atoms with van der Waals surface area (Å²) in [5.74, 6) is 1.66. The average molecular weight is 356 g/mol. The number of thioether (sulfide) groups is 1. The summed E-state index contributed by atoms with van der Waals surface area (Å²) in [6.45, 7) is 9.98. The Morgan fingerprint density at radius 3 is 2.25 bits per heavy atom. The van der Waals surface area contributed by atoms with Crippen LogP contribution in [0.3, 0.4) is 0 Å². The van der Waals surface area contributed by atoms with Gasteiger partial charge in [0.1, 0.15) is 5.82 Å². The molecule has 0 atom stereocenters. The summed E-state index contributed by atoms with van der Waals surface area (Å²) in [6.07, 6.45) is 0.701. The summed E-state index contributed by atoms with van der Waals surface area (Å²) in [5, 5.41) is 8.84. The summed E-state index contributed by atoms with van der Waals surface area (Å²) < 4.78 is 1.82. The standard InChI is InChI=1S/C16H29N5O2S/c1-11(2)8-21(9-12(3)4)15(23)10-24-16-19-18-14(20(16)5)7-6-13(17)22/h11-12H,6-10H2,1-5H3,(H2,17,22). The molecule has 0 aliphatic carbocycles. The molecule has 1 aromatic rings. The SMILES string of the molecule is CC(C)CN(CC(C)C)C(=O)CSc1nnc(CCC(N)=O)n1C. The Kier molecular flexibility index (Phi) is 8.24. The van der Waals surface area contributed by atoms with Crippen LogP contribution in [0.25, 0.3) is 0 Å². The second-order valence-electron chi connectivity index (χ2n) is 6.80. The van der Waals surface area contributed by atoms with Crippen LogP contribution in [0.5, 0.6) is 0 Å². The Labute approximate surface area is 148 Å². The highest BCUT2D eigenvalue weighted by atomic mass is 32.2. The molecule has 24 heavy (non-hydrogen) atoms. The first-order valence-electron chi connectivity index (χ1n) is 8.27. The number of primary amides is 1. The minimum Gasteiger partial charge on any atom is -0.370 e. The number of carbonyl (C=O) groups excluding carboxylic acids is 2. The van der Waals surface area contributed by atoms with E-state index >= 15 is 0 Å². The van der Waals surface area contributed by atoms with Crippen LogP contribution < -0.4 is 5.73 Å². The number of hydrogen-bond acceptors (Lipinski definition) is 5. The molecule has 2 N–H and O–H groups in total. The van der Waals surface area contributed by atoms with Crippen molar-refractivity contribution in [1.82, 2.24) is 19.7 Å². The molecule has 0 aliphatic rings. The predicted octanol–water partition coefficient (Wildman–Crippen LogP) is 1.47. The second-order valence-corrected chi connectivity index (χ2v) is 7.74. The van der Waals surface area contributed by atoms with Crippen molar-refractivity contribution in [3.8, 4) is 0 Å². The average Bonchev–Trinajstić information content (AvgIpc) is 2.81. The lowest BCUT2D eigenvalue weighted by molar-refractivity contribution is -0.129. The van der Waals surface area contributed by atoms with E-state index < -0.39 is 0 Å². The van der Waals surface area contributed by atoms with E-state index in [-0.39, 0.29) is 18.2 Å². The van der Waals surface area contributed by atoms with Gasteiger partial charge in [-0.2, -0.15) is 0 Å². The van der Waals surface area contributed by atoms with E-state index in [0.717, 1.165) is 13.1 Å². The Morgan fingerprint density at radius 1 is 1.17 bits per heavy atom. The monoisotopic (exact) mass is 355 g/mol. The molecule has 0 radical (unpaired) electrons. The normalized spacial score (nSPS) is 11.3. The number of nitrogens with two attached hydrogens (primary N) is 1. The minimum atomic E-state index is -0.361. The molecule has 136 valence electrons. The number of carbonyl (C=O) groups is 2. The molecule has 0 saturated heterocycles. The van der Waals surface area contributed by atoms with Crippen LogP contribution >= 0.6 is 11.8 Å². The Morgan fingerprint density at radius 2 is 1.75 bits per heavy atom. The number of nitrogens with zero attached hydrogens (tertiary/aromatic N) is 4. The zero-order valence-corrected chi connectivity index (χ0v) is 16.1. The number of amides is 2. The van der Waals surface area contributed by atoms with Gasteiger partial charge >= 0.3 is 0 Å². The molecule has 0 aliphatic heterocycles. The zero-order valence-electron chi connectivity index (χ0n) is 15.3. The Bertz CT molecular complexity index is 547. The quantitative estimate of drug-likeness (QED) is 0.641. The van der Waals surface area contributed by atoms with Gasteiger partial charge in [-0.1, -0.05) is 39.5 Å². The topological polar surface area (TPSA) is 94.1 Å². The van der Waals surface area contributed by atoms with Gasteiger partial charge in [0.05, 0.1) is 5.75 Å². The summed E-state index contributed by atoms with van der Waals surface area (Å²) in [4.78, 5) is 25.3. The van der Waals surface area contributed by atoms with Crippen molar-refractivity contribution in [2.45, 2.75) is 45.7 Å². The van der Waals surface area contributed by atoms with Crippen molar-refractivity contribution in [2.75, 3.05) is 18.8 Å². The maximum absolute atomic E-state index is 12.5. The first kappa shape index (κ1) is 20.5. The van der Waals surface area contributed by atoms with Gasteiger partial charge in [0.2, 0.25) is 11.8 Å². The molecular formula is C16H29N5O2S. The summed E-state index contributed by atoms with van der Waals surface area (Å²) >= 11 is 1.37. The lowest BCUT2D eigenvalue weighted by Gasteiger charge is -2.26. The van der Waals surface area contributed by atoms with Crippen LogP contribution in [0.15, 0.2) is 5.16 Å². The largest absolute Gasteiger partial charge is 0.370 e. The van der Waals surface area contributed by atoms with Crippen molar-refractivity contribution in [3.05, 3.63) is 5.82 Å². The molecule has 1 heterocycles. The fourth-order valence-corrected chi connectivity index (χ4v) is 3.13. The van der Waals surface area contributed by atoms with Gasteiger partial charge in [0.25, 0.3) is 0 Å². The van der Waals surface area contributed by atoms with Gasteiger partial charge in [0, 0.05) is 33.0 Å². The molecule has 0 saturated carbocycles. The molecular weight excluding hydrogens is 326 g/mol. The van der Waals surface area contributed by atoms with Crippen molar-refractivity contribution in [2.24, 2.45) is 24.6 Å². The van der Waals surface area contributed by atoms with Gasteiger partial charge in [-0.15, -0.1) is 10.2 Å². The van der Waals surface area contributed by atoms with E-state index in [2.05, 4.69) is 37.9 Å². The molecule has 0 fully saturated rings. The summed E-state index contributed by atoms with van der Waals surface area (Å²) in [5.41, 5.74) is 5.16. The molecule has 8 heteroatoms. The summed E-state index contributed by atoms with van der Waals surface area (Å²) in [7, 11) is 1.84. The molecule has 0 aromatic carbocycles. The summed E-state index contributed by atoms with van der Waals surface area (Å²) in [6, 6.07) is 0. The van der Waals surface area contributed by atoms with Crippen LogP contribution in [0.4, 0.5) is 0 Å². The molecule has 0 spiro atoms. The molecule has 2 amide bonds. The van der Waals surface area contributed by atoms with Crippen LogP contribution in [0.2, 0.25) is 0 Å². The van der Waals surface area contributed by atoms with Gasteiger partial charge < -0.3 is 15.2 Å². The van der Waals surface area contributed by atoms with Gasteiger partial charge in [-0.3, -0.25) is 9.59 Å². The maximum atomic E-state index is 12.5. The van der Waals surface area contributed by atoms with E-state index in [1.807, 2.05) is 16.5 Å². The first-order chi connectivity index (χ1) is 11.2. The number of aryl methyl sites for hydroxylation is 1. The highest BCUT2D eigenvalue weighted by Gasteiger charge is 2.18. The van der Waals surface area contributed by atoms with E-state index in [1.54, 1.807) is 0 Å². The van der Waals surface area contributed by atoms with Crippen LogP contribution in [-0.4, -0.2) is 50.3 Å². The molecule has 7 nitrogen and oxygen atoms in total. The minimum absolute atomic E-state index is 0.115. The smallest absolute Gasteiger partial charge is 0.233 e. The van der Waals surface area contributed by atoms with E-state index in [9.17, 15) is 9.59 Å². The van der Waals surface area contributed by atoms with Gasteiger partial charge in [-0.05, 0) is 11.8 Å². The highest BCUT2D eigenvalue weighted by Crippen LogP contribution is 2.17. The van der Waals surface area contributed by atoms with Crippen LogP contribution in [0.1, 0.15) is 39.9 Å². The third-order valence-corrected chi connectivity index (χ3v) is 4.37. The van der Waals surface area contributed by atoms with Crippen LogP contribution in [-0.2, 0) is 23.1 Å². The lowest BCUT2D eigenvalue weighted by atomic mass is 10.1. The molecule has 1 rings (SSSR count). The Balaban J connectivity index is 2.63. The fraction of sp³-hybridized carbons (Fsp3) is 0.750. The lowest BCUT2D eigenvalue weighted by Crippen LogP contribution is -2.38. The van der Waals surface area contributed by atoms with Crippen molar-refractivity contribution >= 4 is 23.6 Å². The zero-order chi connectivity index (χ0) is 18.3. The van der Waals surface area contributed by atoms with E-state index in [0.29, 0.717) is 35.0 Å². The predicted molar refractivity (Wildman–Crippen MR) is 95.5 cm³/mol. The molecule has 1 aromatic heterocycles. The third kappa shape index (κ3) is 6.90. The number of aromatic nitrogens is 3. The van der Waals surface area contributed by atoms with E-state index in [4.69, 9.17) is 5.73 Å². The van der Waals surface area contributed by atoms with Crippen molar-refractivity contribution < 1.29 is 9.59 Å². The number of rotatable bonds is 10. The molecule has 0 bridgehead atoms. The van der Waals surface area contributed by atoms with Gasteiger partial charge in [0.15, 0.2) is 5.16 Å². The second kappa shape index (κ2) is 9.66. The van der Waals surface area contributed by atoms with Crippen LogP contribution in [0, 0.1) is 11.8 Å². The van der Waals surface area contributed by atoms with Crippen molar-refractivity contribution in [3.63, 3.8) is 0 Å². The highest BCUT2D eigenvalue weighted by molar-refractivity contribution is 7.99. The maximum Gasteiger partial charge on any atom is 0.233 e. The van der Waals surface area contributed by atoms with E-state index in [1.165, 1.54) is 11.8 Å². The first-order valence-corrected chi connectivity index (χ1v) is 9.26. The number of hydrogen-bond donors (Lipinski definition) is 1.